The van der Waals surface area contributed by atoms with Crippen LogP contribution in [0.2, 0.25) is 0 Å². The average molecular weight is 484 g/mol. The highest BCUT2D eigenvalue weighted by molar-refractivity contribution is 7.92. The lowest BCUT2D eigenvalue weighted by Crippen LogP contribution is -2.42. The number of para-hydroxylation sites is 1. The van der Waals surface area contributed by atoms with Crippen LogP contribution in [0.5, 0.6) is 0 Å². The molecule has 0 spiro atoms. The second-order valence-electron chi connectivity index (χ2n) is 8.08. The SMILES string of the molecule is CCc1ccccc1NC(=S)Nc1ccc(S(=O)(=O)N2c3ccc(F)cc3CC[C@@H]2C)cc1. The molecule has 1 aliphatic rings. The summed E-state index contributed by atoms with van der Waals surface area (Å²) in [4.78, 5) is 0.173. The first-order valence-corrected chi connectivity index (χ1v) is 12.7. The van der Waals surface area contributed by atoms with Crippen LogP contribution in [0.4, 0.5) is 21.5 Å². The van der Waals surface area contributed by atoms with E-state index in [0.29, 0.717) is 34.9 Å². The van der Waals surface area contributed by atoms with Crippen LogP contribution in [-0.4, -0.2) is 19.6 Å². The van der Waals surface area contributed by atoms with E-state index in [0.717, 1.165) is 17.7 Å². The molecule has 2 N–H and O–H groups in total. The Labute approximate surface area is 199 Å². The zero-order valence-corrected chi connectivity index (χ0v) is 20.1. The van der Waals surface area contributed by atoms with Gasteiger partial charge in [0.2, 0.25) is 0 Å². The van der Waals surface area contributed by atoms with Gasteiger partial charge in [0.1, 0.15) is 5.82 Å². The fourth-order valence-corrected chi connectivity index (χ4v) is 6.07. The normalized spacial score (nSPS) is 15.6. The molecule has 172 valence electrons. The van der Waals surface area contributed by atoms with E-state index < -0.39 is 10.0 Å². The van der Waals surface area contributed by atoms with Crippen LogP contribution in [0.1, 0.15) is 31.4 Å². The quantitative estimate of drug-likeness (QED) is 0.454. The minimum atomic E-state index is -3.81. The molecule has 0 amide bonds. The summed E-state index contributed by atoms with van der Waals surface area (Å²) in [6.07, 6.45) is 2.16. The first kappa shape index (κ1) is 23.2. The van der Waals surface area contributed by atoms with E-state index in [1.165, 1.54) is 16.4 Å². The summed E-state index contributed by atoms with van der Waals surface area (Å²) >= 11 is 5.42. The molecule has 4 rings (SSSR count). The Morgan fingerprint density at radius 1 is 1.09 bits per heavy atom. The van der Waals surface area contributed by atoms with Crippen LogP contribution < -0.4 is 14.9 Å². The number of hydrogen-bond acceptors (Lipinski definition) is 3. The van der Waals surface area contributed by atoms with Crippen molar-refractivity contribution in [2.75, 3.05) is 14.9 Å². The average Bonchev–Trinajstić information content (AvgIpc) is 2.79. The third-order valence-electron chi connectivity index (χ3n) is 5.83. The van der Waals surface area contributed by atoms with E-state index in [9.17, 15) is 12.8 Å². The zero-order valence-electron chi connectivity index (χ0n) is 18.5. The maximum atomic E-state index is 13.7. The van der Waals surface area contributed by atoms with Gasteiger partial charge in [-0.3, -0.25) is 4.31 Å². The Kier molecular flexibility index (Phi) is 6.67. The van der Waals surface area contributed by atoms with Crippen LogP contribution in [0.15, 0.2) is 71.6 Å². The van der Waals surface area contributed by atoms with Crippen LogP contribution in [-0.2, 0) is 22.9 Å². The van der Waals surface area contributed by atoms with Crippen LogP contribution in [0, 0.1) is 5.82 Å². The van der Waals surface area contributed by atoms with Crippen molar-refractivity contribution in [2.24, 2.45) is 0 Å². The van der Waals surface area contributed by atoms with Gasteiger partial charge in [-0.1, -0.05) is 25.1 Å². The molecule has 0 radical (unpaired) electrons. The van der Waals surface area contributed by atoms with E-state index in [-0.39, 0.29) is 16.8 Å². The van der Waals surface area contributed by atoms with Crippen molar-refractivity contribution in [3.05, 3.63) is 83.7 Å². The van der Waals surface area contributed by atoms with Gasteiger partial charge >= 0.3 is 0 Å². The number of halogens is 1. The number of fused-ring (bicyclic) bond motifs is 1. The zero-order chi connectivity index (χ0) is 23.6. The highest BCUT2D eigenvalue weighted by Crippen LogP contribution is 2.36. The number of anilines is 3. The fourth-order valence-electron chi connectivity index (χ4n) is 4.11. The maximum Gasteiger partial charge on any atom is 0.264 e. The summed E-state index contributed by atoms with van der Waals surface area (Å²) in [5.74, 6) is -0.359. The Hall–Kier alpha value is -2.97. The van der Waals surface area contributed by atoms with Crippen LogP contribution in [0.25, 0.3) is 0 Å². The van der Waals surface area contributed by atoms with Crippen molar-refractivity contribution < 1.29 is 12.8 Å². The summed E-state index contributed by atoms with van der Waals surface area (Å²) in [5, 5.41) is 6.72. The van der Waals surface area contributed by atoms with Gasteiger partial charge in [-0.05, 0) is 98.1 Å². The number of thiocarbonyl (C=S) groups is 1. The second-order valence-corrected chi connectivity index (χ2v) is 10.3. The molecule has 1 heterocycles. The van der Waals surface area contributed by atoms with Crippen molar-refractivity contribution in [3.63, 3.8) is 0 Å². The van der Waals surface area contributed by atoms with Crippen LogP contribution >= 0.6 is 12.2 Å². The predicted octanol–water partition coefficient (Wildman–Crippen LogP) is 5.73. The number of aryl methyl sites for hydroxylation is 2. The highest BCUT2D eigenvalue weighted by Gasteiger charge is 2.34. The van der Waals surface area contributed by atoms with Crippen molar-refractivity contribution in [1.82, 2.24) is 0 Å². The standard InChI is InChI=1S/C25H26FN3O2S2/c1-3-18-6-4-5-7-23(18)28-25(32)27-21-11-13-22(14-12-21)33(30,31)29-17(2)8-9-19-16-20(26)10-15-24(19)29/h4-7,10-17H,3,8-9H2,1-2H3,(H2,27,28,32)/t17-/m0/s1. The molecule has 1 atom stereocenters. The second kappa shape index (κ2) is 9.49. The summed E-state index contributed by atoms with van der Waals surface area (Å²) in [6, 6.07) is 18.5. The minimum Gasteiger partial charge on any atom is -0.332 e. The summed E-state index contributed by atoms with van der Waals surface area (Å²) < 4.78 is 42.0. The van der Waals surface area contributed by atoms with E-state index in [1.54, 1.807) is 30.3 Å². The molecule has 3 aromatic rings. The molecular weight excluding hydrogens is 457 g/mol. The molecule has 0 unspecified atom stereocenters. The minimum absolute atomic E-state index is 0.173. The molecule has 3 aromatic carbocycles. The molecule has 1 aliphatic heterocycles. The maximum absolute atomic E-state index is 13.7. The summed E-state index contributed by atoms with van der Waals surface area (Å²) in [6.45, 7) is 3.95. The third kappa shape index (κ3) is 4.86. The number of benzene rings is 3. The Balaban J connectivity index is 1.53. The van der Waals surface area contributed by atoms with Gasteiger partial charge in [-0.15, -0.1) is 0 Å². The Morgan fingerprint density at radius 3 is 2.55 bits per heavy atom. The van der Waals surface area contributed by atoms with E-state index in [1.807, 2.05) is 31.2 Å². The first-order chi connectivity index (χ1) is 15.8. The molecular formula is C25H26FN3O2S2. The third-order valence-corrected chi connectivity index (χ3v) is 7.97. The summed E-state index contributed by atoms with van der Waals surface area (Å²) in [5.41, 5.74) is 4.01. The highest BCUT2D eigenvalue weighted by atomic mass is 32.2. The van der Waals surface area contributed by atoms with Crippen molar-refractivity contribution >= 4 is 44.4 Å². The molecule has 5 nitrogen and oxygen atoms in total. The topological polar surface area (TPSA) is 61.4 Å². The molecule has 0 fully saturated rings. The van der Waals surface area contributed by atoms with Crippen molar-refractivity contribution in [2.45, 2.75) is 44.0 Å². The molecule has 8 heteroatoms. The fraction of sp³-hybridized carbons (Fsp3) is 0.240. The molecule has 0 bridgehead atoms. The monoisotopic (exact) mass is 483 g/mol. The van der Waals surface area contributed by atoms with Gasteiger partial charge in [-0.2, -0.15) is 0 Å². The predicted molar refractivity (Wildman–Crippen MR) is 136 cm³/mol. The van der Waals surface area contributed by atoms with Crippen LogP contribution in [0.3, 0.4) is 0 Å². The molecule has 0 aliphatic carbocycles. The smallest absolute Gasteiger partial charge is 0.264 e. The number of rotatable bonds is 5. The van der Waals surface area contributed by atoms with E-state index in [2.05, 4.69) is 17.6 Å². The van der Waals surface area contributed by atoms with Gasteiger partial charge in [-0.25, -0.2) is 12.8 Å². The Bertz CT molecular complexity index is 1280. The van der Waals surface area contributed by atoms with E-state index >= 15 is 0 Å². The largest absolute Gasteiger partial charge is 0.332 e. The van der Waals surface area contributed by atoms with Gasteiger partial charge < -0.3 is 10.6 Å². The Morgan fingerprint density at radius 2 is 1.82 bits per heavy atom. The molecule has 0 saturated heterocycles. The molecule has 0 saturated carbocycles. The molecule has 0 aromatic heterocycles. The van der Waals surface area contributed by atoms with Crippen molar-refractivity contribution in [3.8, 4) is 0 Å². The van der Waals surface area contributed by atoms with Gasteiger partial charge in [0.05, 0.1) is 10.6 Å². The number of nitrogens with zero attached hydrogens (tertiary/aromatic N) is 1. The van der Waals surface area contributed by atoms with Crippen molar-refractivity contribution in [1.29, 1.82) is 0 Å². The summed E-state index contributed by atoms with van der Waals surface area (Å²) in [7, 11) is -3.81. The van der Waals surface area contributed by atoms with Gasteiger partial charge in [0.25, 0.3) is 10.0 Å². The lowest BCUT2D eigenvalue weighted by molar-refractivity contribution is 0.560. The molecule has 33 heavy (non-hydrogen) atoms. The van der Waals surface area contributed by atoms with E-state index in [4.69, 9.17) is 12.2 Å². The van der Waals surface area contributed by atoms with Gasteiger partial charge in [0.15, 0.2) is 5.11 Å². The number of sulfonamides is 1. The van der Waals surface area contributed by atoms with Gasteiger partial charge in [0, 0.05) is 17.4 Å². The first-order valence-electron chi connectivity index (χ1n) is 10.9. The lowest BCUT2D eigenvalue weighted by atomic mass is 9.99. The number of hydrogen-bond donors (Lipinski definition) is 2. The lowest BCUT2D eigenvalue weighted by Gasteiger charge is -2.36. The number of nitrogens with one attached hydrogen (secondary N) is 2.